The van der Waals surface area contributed by atoms with Gasteiger partial charge >= 0.3 is 0 Å². The highest BCUT2D eigenvalue weighted by molar-refractivity contribution is 6.33. The minimum absolute atomic E-state index is 0.137. The van der Waals surface area contributed by atoms with Crippen LogP contribution in [0.15, 0.2) is 30.2 Å². The van der Waals surface area contributed by atoms with Gasteiger partial charge in [-0.05, 0) is 39.3 Å². The number of halogens is 1. The molecule has 3 atom stereocenters. The topological polar surface area (TPSA) is 69.4 Å². The lowest BCUT2D eigenvalue weighted by Crippen LogP contribution is -2.33. The summed E-state index contributed by atoms with van der Waals surface area (Å²) in [5, 5.41) is 11.8. The van der Waals surface area contributed by atoms with Crippen molar-refractivity contribution in [1.82, 2.24) is 14.5 Å². The Hall–Kier alpha value is -1.47. The predicted octanol–water partition coefficient (Wildman–Crippen LogP) is 2.86. The van der Waals surface area contributed by atoms with Crippen LogP contribution in [0.3, 0.4) is 0 Å². The highest BCUT2D eigenvalue weighted by Gasteiger charge is 2.53. The van der Waals surface area contributed by atoms with Crippen LogP contribution in [0, 0.1) is 0 Å². The number of hydrogen-bond acceptors (Lipinski definition) is 5. The molecule has 2 aromatic heterocycles. The second-order valence-electron chi connectivity index (χ2n) is 7.32. The highest BCUT2D eigenvalue weighted by atomic mass is 35.5. The maximum atomic E-state index is 10.5. The lowest BCUT2D eigenvalue weighted by molar-refractivity contribution is -0.149. The third-order valence-corrected chi connectivity index (χ3v) is 4.91. The molecular formula is C17H20ClN3O3. The third-order valence-electron chi connectivity index (χ3n) is 4.61. The Labute approximate surface area is 145 Å². The zero-order valence-corrected chi connectivity index (χ0v) is 14.8. The first-order valence-corrected chi connectivity index (χ1v) is 8.32. The molecule has 1 fully saturated rings. The molecule has 24 heavy (non-hydrogen) atoms. The van der Waals surface area contributed by atoms with E-state index in [0.29, 0.717) is 5.15 Å². The normalized spacial score (nSPS) is 29.1. The van der Waals surface area contributed by atoms with E-state index in [1.807, 2.05) is 36.8 Å². The number of nitrogens with zero attached hydrogens (tertiary/aromatic N) is 3. The second-order valence-corrected chi connectivity index (χ2v) is 7.68. The third kappa shape index (κ3) is 2.37. The molecule has 1 aliphatic heterocycles. The van der Waals surface area contributed by atoms with Gasteiger partial charge in [0.05, 0.1) is 17.0 Å². The lowest BCUT2D eigenvalue weighted by Gasteiger charge is -2.25. The zero-order chi connectivity index (χ0) is 17.3. The molecule has 0 amide bonds. The van der Waals surface area contributed by atoms with Crippen LogP contribution in [0.1, 0.15) is 33.7 Å². The second kappa shape index (κ2) is 5.02. The van der Waals surface area contributed by atoms with E-state index in [1.54, 1.807) is 13.8 Å². The van der Waals surface area contributed by atoms with Gasteiger partial charge < -0.3 is 19.1 Å². The van der Waals surface area contributed by atoms with Crippen molar-refractivity contribution in [3.63, 3.8) is 0 Å². The quantitative estimate of drug-likeness (QED) is 0.667. The van der Waals surface area contributed by atoms with Crippen molar-refractivity contribution in [3.05, 3.63) is 35.4 Å². The maximum Gasteiger partial charge on any atom is 0.164 e. The number of ether oxygens (including phenoxy) is 2. The van der Waals surface area contributed by atoms with Crippen LogP contribution in [0.5, 0.6) is 0 Å². The van der Waals surface area contributed by atoms with Gasteiger partial charge in [-0.1, -0.05) is 17.7 Å². The number of hydrogen-bond donors (Lipinski definition) is 1. The monoisotopic (exact) mass is 349 g/mol. The Morgan fingerprint density at radius 3 is 2.75 bits per heavy atom. The van der Waals surface area contributed by atoms with E-state index in [-0.39, 0.29) is 18.2 Å². The Balaban J connectivity index is 1.84. The summed E-state index contributed by atoms with van der Waals surface area (Å²) in [6.45, 7) is 7.30. The standard InChI is InChI=1S/C17H20ClN3O3/c1-16(2,22)10-7-11(13-12(10)23-17(3,4)24-13)21-6-5-9-14(18)19-8-20-15(9)21/h5-8,11-13,22H,1-4H3/t11-,12-,13+/m1/s1. The van der Waals surface area contributed by atoms with Crippen molar-refractivity contribution in [2.24, 2.45) is 0 Å². The largest absolute Gasteiger partial charge is 0.386 e. The molecule has 2 aromatic rings. The molecule has 1 aliphatic carbocycles. The van der Waals surface area contributed by atoms with Crippen LogP contribution < -0.4 is 0 Å². The van der Waals surface area contributed by atoms with Crippen LogP contribution >= 0.6 is 11.6 Å². The van der Waals surface area contributed by atoms with E-state index in [4.69, 9.17) is 21.1 Å². The van der Waals surface area contributed by atoms with Crippen molar-refractivity contribution in [2.75, 3.05) is 0 Å². The summed E-state index contributed by atoms with van der Waals surface area (Å²) in [6.07, 6.45) is 4.86. The average Bonchev–Trinajstić information content (AvgIpc) is 3.08. The van der Waals surface area contributed by atoms with Gasteiger partial charge in [-0.3, -0.25) is 0 Å². The molecule has 2 aliphatic rings. The summed E-state index contributed by atoms with van der Waals surface area (Å²) in [6, 6.07) is 1.76. The van der Waals surface area contributed by atoms with Crippen LogP contribution in [-0.4, -0.2) is 43.2 Å². The Kier molecular flexibility index (Phi) is 3.35. The molecule has 0 spiro atoms. The van der Waals surface area contributed by atoms with E-state index in [9.17, 15) is 5.11 Å². The SMILES string of the molecule is CC1(C)O[C@@H]2[C@H](O1)C(C(C)(C)O)=C[C@H]2n1ccc2c(Cl)ncnc21. The van der Waals surface area contributed by atoms with Crippen LogP contribution in [0.4, 0.5) is 0 Å². The van der Waals surface area contributed by atoms with Gasteiger partial charge in [-0.2, -0.15) is 0 Å². The van der Waals surface area contributed by atoms with E-state index in [2.05, 4.69) is 9.97 Å². The van der Waals surface area contributed by atoms with Gasteiger partial charge in [-0.15, -0.1) is 0 Å². The van der Waals surface area contributed by atoms with E-state index in [0.717, 1.165) is 16.6 Å². The van der Waals surface area contributed by atoms with Crippen molar-refractivity contribution in [3.8, 4) is 0 Å². The number of aliphatic hydroxyl groups is 1. The Morgan fingerprint density at radius 1 is 1.29 bits per heavy atom. The fourth-order valence-corrected chi connectivity index (χ4v) is 3.82. The van der Waals surface area contributed by atoms with E-state index >= 15 is 0 Å². The molecule has 7 heteroatoms. The molecule has 3 heterocycles. The zero-order valence-electron chi connectivity index (χ0n) is 14.0. The molecule has 1 N–H and O–H groups in total. The van der Waals surface area contributed by atoms with Crippen LogP contribution in [-0.2, 0) is 9.47 Å². The highest BCUT2D eigenvalue weighted by Crippen LogP contribution is 2.46. The van der Waals surface area contributed by atoms with Gasteiger partial charge in [0, 0.05) is 6.20 Å². The molecule has 0 saturated carbocycles. The van der Waals surface area contributed by atoms with Crippen molar-refractivity contribution < 1.29 is 14.6 Å². The van der Waals surface area contributed by atoms with Gasteiger partial charge in [0.1, 0.15) is 29.3 Å². The maximum absolute atomic E-state index is 10.5. The minimum atomic E-state index is -0.989. The van der Waals surface area contributed by atoms with Gasteiger partial charge in [0.2, 0.25) is 0 Å². The first kappa shape index (κ1) is 16.0. The molecule has 0 radical (unpaired) electrons. The average molecular weight is 350 g/mol. The van der Waals surface area contributed by atoms with Gasteiger partial charge in [0.15, 0.2) is 5.79 Å². The first-order valence-electron chi connectivity index (χ1n) is 7.95. The molecule has 6 nitrogen and oxygen atoms in total. The molecule has 128 valence electrons. The minimum Gasteiger partial charge on any atom is -0.386 e. The Morgan fingerprint density at radius 2 is 2.04 bits per heavy atom. The van der Waals surface area contributed by atoms with Gasteiger partial charge in [0.25, 0.3) is 0 Å². The summed E-state index contributed by atoms with van der Waals surface area (Å²) in [7, 11) is 0. The first-order chi connectivity index (χ1) is 11.2. The molecule has 0 bridgehead atoms. The van der Waals surface area contributed by atoms with Crippen molar-refractivity contribution >= 4 is 22.6 Å². The molecule has 0 unspecified atom stereocenters. The number of rotatable bonds is 2. The van der Waals surface area contributed by atoms with Crippen LogP contribution in [0.25, 0.3) is 11.0 Å². The van der Waals surface area contributed by atoms with E-state index < -0.39 is 11.4 Å². The smallest absolute Gasteiger partial charge is 0.164 e. The predicted molar refractivity (Wildman–Crippen MR) is 89.8 cm³/mol. The van der Waals surface area contributed by atoms with Crippen LogP contribution in [0.2, 0.25) is 5.15 Å². The Bertz CT molecular complexity index is 837. The summed E-state index contributed by atoms with van der Waals surface area (Å²) in [5.74, 6) is -0.700. The van der Waals surface area contributed by atoms with Crippen molar-refractivity contribution in [2.45, 2.75) is 57.3 Å². The fraction of sp³-hybridized carbons (Fsp3) is 0.529. The van der Waals surface area contributed by atoms with Crippen molar-refractivity contribution in [1.29, 1.82) is 0 Å². The van der Waals surface area contributed by atoms with E-state index in [1.165, 1.54) is 6.33 Å². The molecule has 4 rings (SSSR count). The molecule has 0 aromatic carbocycles. The number of fused-ring (bicyclic) bond motifs is 2. The summed E-state index contributed by atoms with van der Waals surface area (Å²) < 4.78 is 14.2. The summed E-state index contributed by atoms with van der Waals surface area (Å²) in [4.78, 5) is 8.38. The fourth-order valence-electron chi connectivity index (χ4n) is 3.62. The molecule has 1 saturated heterocycles. The summed E-state index contributed by atoms with van der Waals surface area (Å²) in [5.41, 5.74) is 0.571. The van der Waals surface area contributed by atoms with Gasteiger partial charge in [-0.25, -0.2) is 9.97 Å². The lowest BCUT2D eigenvalue weighted by atomic mass is 9.95. The molecular weight excluding hydrogens is 330 g/mol. The number of aromatic nitrogens is 3. The summed E-state index contributed by atoms with van der Waals surface area (Å²) >= 11 is 6.16.